The predicted molar refractivity (Wildman–Crippen MR) is 88.1 cm³/mol. The van der Waals surface area contributed by atoms with E-state index in [4.69, 9.17) is 10.7 Å². The fourth-order valence-electron chi connectivity index (χ4n) is 2.15. The second-order valence-electron chi connectivity index (χ2n) is 5.56. The number of nitrogens with zero attached hydrogens (tertiary/aromatic N) is 3. The molecule has 136 valence electrons. The lowest BCUT2D eigenvalue weighted by atomic mass is 10.0. The second-order valence-corrected chi connectivity index (χ2v) is 5.56. The van der Waals surface area contributed by atoms with Crippen LogP contribution in [0.1, 0.15) is 64.7 Å². The summed E-state index contributed by atoms with van der Waals surface area (Å²) in [7, 11) is 0. The third kappa shape index (κ3) is 11.4. The fraction of sp³-hybridized carbons (Fsp3) is 0.800. The van der Waals surface area contributed by atoms with Gasteiger partial charge in [-0.3, -0.25) is 19.6 Å². The monoisotopic (exact) mass is 341 g/mol. The molecule has 0 aromatic rings. The molecule has 0 saturated heterocycles. The number of ketones is 1. The van der Waals surface area contributed by atoms with Gasteiger partial charge in [-0.15, -0.1) is 0 Å². The molecule has 2 amide bonds. The Morgan fingerprint density at radius 2 is 1.83 bits per heavy atom. The predicted octanol–water partition coefficient (Wildman–Crippen LogP) is 2.39. The summed E-state index contributed by atoms with van der Waals surface area (Å²) >= 11 is 0. The van der Waals surface area contributed by atoms with Crippen molar-refractivity contribution in [2.45, 2.75) is 70.8 Å². The lowest BCUT2D eigenvalue weighted by Crippen LogP contribution is -2.47. The quantitative estimate of drug-likeness (QED) is 0.111. The molecule has 3 N–H and O–H groups in total. The van der Waals surface area contributed by atoms with Crippen LogP contribution in [0.2, 0.25) is 0 Å². The van der Waals surface area contributed by atoms with Crippen LogP contribution in [-0.2, 0) is 14.4 Å². The highest BCUT2D eigenvalue weighted by molar-refractivity contribution is 5.92. The van der Waals surface area contributed by atoms with E-state index in [0.717, 1.165) is 25.7 Å². The van der Waals surface area contributed by atoms with E-state index < -0.39 is 11.9 Å². The third-order valence-corrected chi connectivity index (χ3v) is 3.48. The van der Waals surface area contributed by atoms with E-state index >= 15 is 0 Å². The number of carbonyl (C=O) groups is 3. The number of azide groups is 1. The number of amides is 2. The average Bonchev–Trinajstić information content (AvgIpc) is 2.57. The minimum atomic E-state index is -1.07. The smallest absolute Gasteiger partial charge is 0.266 e. The first-order valence-electron chi connectivity index (χ1n) is 8.31. The van der Waals surface area contributed by atoms with E-state index in [9.17, 15) is 14.4 Å². The van der Waals surface area contributed by atoms with Crippen molar-refractivity contribution in [1.29, 1.82) is 0 Å². The first-order valence-corrected chi connectivity index (χ1v) is 8.31. The van der Waals surface area contributed by atoms with Crippen LogP contribution in [0.25, 0.3) is 10.4 Å². The minimum Gasteiger partial charge on any atom is -0.344 e. The van der Waals surface area contributed by atoms with E-state index in [0.29, 0.717) is 25.8 Å². The van der Waals surface area contributed by atoms with E-state index in [1.165, 1.54) is 5.48 Å². The summed E-state index contributed by atoms with van der Waals surface area (Å²) in [5, 5.41) is 14.6. The largest absolute Gasteiger partial charge is 0.344 e. The number of nitrogens with one attached hydrogen (secondary N) is 2. The number of Topliss-reactive ketones (excluding diaryl/α,β-unsaturated/α-hetero) is 1. The van der Waals surface area contributed by atoms with E-state index in [-0.39, 0.29) is 24.5 Å². The molecule has 0 aliphatic carbocycles. The maximum absolute atomic E-state index is 11.9. The number of carbonyl (C=O) groups excluding carboxylic acids is 3. The van der Waals surface area contributed by atoms with Gasteiger partial charge in [0.1, 0.15) is 11.8 Å². The molecular formula is C15H27N5O4. The molecule has 9 heteroatoms. The van der Waals surface area contributed by atoms with Crippen molar-refractivity contribution in [1.82, 2.24) is 10.8 Å². The molecule has 0 radical (unpaired) electrons. The van der Waals surface area contributed by atoms with Crippen molar-refractivity contribution in [2.24, 2.45) is 5.11 Å². The van der Waals surface area contributed by atoms with Crippen LogP contribution >= 0.6 is 0 Å². The van der Waals surface area contributed by atoms with Gasteiger partial charge in [-0.1, -0.05) is 31.3 Å². The standard InChI is InChI=1S/C15H27N5O4/c1-2-3-4-5-8-12(21)11-13(15(23)19-24)18-14(22)9-6-7-10-17-20-16/h13,24H,2-11H2,1H3,(H,18,22)(H,19,23)/t13-/m0/s1. The Labute approximate surface area is 141 Å². The molecule has 0 aliphatic rings. The van der Waals surface area contributed by atoms with Crippen LogP contribution in [-0.4, -0.2) is 35.4 Å². The van der Waals surface area contributed by atoms with Gasteiger partial charge in [0.25, 0.3) is 5.91 Å². The van der Waals surface area contributed by atoms with Gasteiger partial charge < -0.3 is 5.32 Å². The highest BCUT2D eigenvalue weighted by atomic mass is 16.5. The number of unbranched alkanes of at least 4 members (excludes halogenated alkanes) is 4. The van der Waals surface area contributed by atoms with Gasteiger partial charge in [0.2, 0.25) is 5.91 Å². The Morgan fingerprint density at radius 1 is 1.12 bits per heavy atom. The van der Waals surface area contributed by atoms with Gasteiger partial charge in [-0.05, 0) is 24.8 Å². The number of hydrogen-bond donors (Lipinski definition) is 3. The minimum absolute atomic E-state index is 0.122. The molecule has 0 rings (SSSR count). The fourth-order valence-corrected chi connectivity index (χ4v) is 2.15. The molecule has 0 bridgehead atoms. The van der Waals surface area contributed by atoms with E-state index in [1.807, 2.05) is 0 Å². The summed E-state index contributed by atoms with van der Waals surface area (Å²) in [6.45, 7) is 2.38. The number of hydroxylamine groups is 1. The number of rotatable bonds is 14. The number of hydrogen-bond acceptors (Lipinski definition) is 5. The summed E-state index contributed by atoms with van der Waals surface area (Å²) in [6.07, 6.45) is 5.28. The zero-order valence-electron chi connectivity index (χ0n) is 14.2. The molecule has 0 unspecified atom stereocenters. The van der Waals surface area contributed by atoms with Gasteiger partial charge in [0, 0.05) is 30.7 Å². The molecule has 0 spiro atoms. The van der Waals surface area contributed by atoms with Crippen molar-refractivity contribution in [3.05, 3.63) is 10.4 Å². The van der Waals surface area contributed by atoms with Crippen molar-refractivity contribution in [2.75, 3.05) is 6.54 Å². The Balaban J connectivity index is 4.25. The summed E-state index contributed by atoms with van der Waals surface area (Å²) in [4.78, 5) is 37.9. The van der Waals surface area contributed by atoms with Gasteiger partial charge in [0.15, 0.2) is 0 Å². The molecule has 9 nitrogen and oxygen atoms in total. The van der Waals surface area contributed by atoms with Gasteiger partial charge in [-0.2, -0.15) is 0 Å². The Kier molecular flexibility index (Phi) is 13.2. The van der Waals surface area contributed by atoms with Crippen LogP contribution < -0.4 is 10.8 Å². The SMILES string of the molecule is CCCCCCC(=O)C[C@H](NC(=O)CCCCN=[N+]=[N-])C(=O)NO. The molecule has 24 heavy (non-hydrogen) atoms. The summed E-state index contributed by atoms with van der Waals surface area (Å²) in [5.74, 6) is -1.31. The molecule has 0 fully saturated rings. The van der Waals surface area contributed by atoms with Crippen LogP contribution in [0, 0.1) is 0 Å². The maximum atomic E-state index is 11.9. The van der Waals surface area contributed by atoms with Crippen molar-refractivity contribution >= 4 is 17.6 Å². The Hall–Kier alpha value is -2.12. The van der Waals surface area contributed by atoms with Crippen LogP contribution in [0.3, 0.4) is 0 Å². The van der Waals surface area contributed by atoms with Crippen molar-refractivity contribution in [3.63, 3.8) is 0 Å². The molecule has 1 atom stereocenters. The van der Waals surface area contributed by atoms with Crippen molar-refractivity contribution < 1.29 is 19.6 Å². The molecule has 0 aromatic heterocycles. The molecular weight excluding hydrogens is 314 g/mol. The van der Waals surface area contributed by atoms with E-state index in [2.05, 4.69) is 22.3 Å². The Morgan fingerprint density at radius 3 is 2.46 bits per heavy atom. The molecule has 0 saturated carbocycles. The van der Waals surface area contributed by atoms with Crippen molar-refractivity contribution in [3.8, 4) is 0 Å². The highest BCUT2D eigenvalue weighted by Gasteiger charge is 2.23. The topological polar surface area (TPSA) is 144 Å². The highest BCUT2D eigenvalue weighted by Crippen LogP contribution is 2.07. The zero-order chi connectivity index (χ0) is 18.2. The van der Waals surface area contributed by atoms with Crippen LogP contribution in [0.5, 0.6) is 0 Å². The van der Waals surface area contributed by atoms with Crippen LogP contribution in [0.15, 0.2) is 5.11 Å². The zero-order valence-corrected chi connectivity index (χ0v) is 14.2. The van der Waals surface area contributed by atoms with E-state index in [1.54, 1.807) is 0 Å². The lowest BCUT2D eigenvalue weighted by molar-refractivity contribution is -0.136. The lowest BCUT2D eigenvalue weighted by Gasteiger charge is -2.16. The van der Waals surface area contributed by atoms with Crippen LogP contribution in [0.4, 0.5) is 0 Å². The summed E-state index contributed by atoms with van der Waals surface area (Å²) in [6, 6.07) is -1.07. The normalized spacial score (nSPS) is 11.2. The molecule has 0 heterocycles. The maximum Gasteiger partial charge on any atom is 0.266 e. The average molecular weight is 341 g/mol. The molecule has 0 aliphatic heterocycles. The van der Waals surface area contributed by atoms with Gasteiger partial charge in [0.05, 0.1) is 0 Å². The summed E-state index contributed by atoms with van der Waals surface area (Å²) in [5.41, 5.74) is 9.61. The van der Waals surface area contributed by atoms with Gasteiger partial charge >= 0.3 is 0 Å². The summed E-state index contributed by atoms with van der Waals surface area (Å²) < 4.78 is 0. The first kappa shape index (κ1) is 21.9. The second kappa shape index (κ2) is 14.5. The third-order valence-electron chi connectivity index (χ3n) is 3.48. The first-order chi connectivity index (χ1) is 11.5. The Bertz CT molecular complexity index is 449. The van der Waals surface area contributed by atoms with Gasteiger partial charge in [-0.25, -0.2) is 5.48 Å². The molecule has 0 aromatic carbocycles.